The molecule has 2 amide bonds. The van der Waals surface area contributed by atoms with Crippen molar-refractivity contribution < 1.29 is 9.53 Å². The third kappa shape index (κ3) is 3.62. The van der Waals surface area contributed by atoms with E-state index in [0.717, 1.165) is 6.42 Å². The summed E-state index contributed by atoms with van der Waals surface area (Å²) < 4.78 is 5.67. The molecular weight excluding hydrogens is 240 g/mol. The molecule has 0 aromatic rings. The van der Waals surface area contributed by atoms with E-state index >= 15 is 0 Å². The first-order valence-electron chi connectivity index (χ1n) is 7.68. The third-order valence-corrected chi connectivity index (χ3v) is 4.72. The molecule has 4 nitrogen and oxygen atoms in total. The lowest BCUT2D eigenvalue weighted by atomic mass is 9.78. The van der Waals surface area contributed by atoms with Gasteiger partial charge in [-0.15, -0.1) is 0 Å². The Kier molecular flexibility index (Phi) is 4.71. The lowest BCUT2D eigenvalue weighted by Gasteiger charge is -2.39. The highest BCUT2D eigenvalue weighted by atomic mass is 16.5. The molecule has 5 atom stereocenters. The normalized spacial score (nSPS) is 40.0. The van der Waals surface area contributed by atoms with Crippen LogP contribution < -0.4 is 5.32 Å². The first kappa shape index (κ1) is 14.6. The molecule has 4 heteroatoms. The Balaban J connectivity index is 1.89. The fraction of sp³-hybridized carbons (Fsp3) is 0.933. The van der Waals surface area contributed by atoms with Crippen molar-refractivity contribution in [1.29, 1.82) is 0 Å². The zero-order valence-electron chi connectivity index (χ0n) is 12.7. The van der Waals surface area contributed by atoms with Crippen molar-refractivity contribution >= 4 is 6.03 Å². The number of hydrogen-bond donors (Lipinski definition) is 1. The number of hydrogen-bond acceptors (Lipinski definition) is 2. The van der Waals surface area contributed by atoms with Gasteiger partial charge < -0.3 is 15.0 Å². The van der Waals surface area contributed by atoms with Gasteiger partial charge in [0.1, 0.15) is 0 Å². The smallest absolute Gasteiger partial charge is 0.317 e. The van der Waals surface area contributed by atoms with Crippen LogP contribution in [-0.2, 0) is 4.74 Å². The summed E-state index contributed by atoms with van der Waals surface area (Å²) in [5, 5.41) is 3.24. The number of nitrogens with zero attached hydrogens (tertiary/aromatic N) is 1. The largest absolute Gasteiger partial charge is 0.372 e. The van der Waals surface area contributed by atoms with Crippen LogP contribution in [0.25, 0.3) is 0 Å². The van der Waals surface area contributed by atoms with E-state index in [2.05, 4.69) is 19.2 Å². The summed E-state index contributed by atoms with van der Waals surface area (Å²) in [4.78, 5) is 14.3. The summed E-state index contributed by atoms with van der Waals surface area (Å²) in [5.74, 6) is 1.29. The zero-order valence-corrected chi connectivity index (χ0v) is 12.7. The quantitative estimate of drug-likeness (QED) is 0.794. The van der Waals surface area contributed by atoms with E-state index in [9.17, 15) is 4.79 Å². The highest BCUT2D eigenvalue weighted by Crippen LogP contribution is 2.29. The number of carbonyl (C=O) groups excluding carboxylic acids is 1. The zero-order chi connectivity index (χ0) is 14.0. The first-order valence-corrected chi connectivity index (χ1v) is 7.68. The van der Waals surface area contributed by atoms with Gasteiger partial charge in [0.15, 0.2) is 0 Å². The van der Waals surface area contributed by atoms with E-state index in [-0.39, 0.29) is 18.2 Å². The van der Waals surface area contributed by atoms with Crippen LogP contribution in [0.4, 0.5) is 4.79 Å². The second kappa shape index (κ2) is 6.12. The summed E-state index contributed by atoms with van der Waals surface area (Å²) in [6, 6.07) is 0.428. The van der Waals surface area contributed by atoms with E-state index in [1.165, 1.54) is 12.8 Å². The molecule has 2 fully saturated rings. The van der Waals surface area contributed by atoms with Gasteiger partial charge in [0, 0.05) is 19.1 Å². The van der Waals surface area contributed by atoms with Gasteiger partial charge in [-0.2, -0.15) is 0 Å². The Labute approximate surface area is 116 Å². The molecule has 5 unspecified atom stereocenters. The van der Waals surface area contributed by atoms with Gasteiger partial charge in [-0.1, -0.05) is 26.7 Å². The fourth-order valence-electron chi connectivity index (χ4n) is 3.38. The lowest BCUT2D eigenvalue weighted by molar-refractivity contribution is -0.0551. The summed E-state index contributed by atoms with van der Waals surface area (Å²) in [6.07, 6.45) is 3.91. The van der Waals surface area contributed by atoms with Crippen molar-refractivity contribution in [2.75, 3.05) is 13.1 Å². The van der Waals surface area contributed by atoms with E-state index in [1.54, 1.807) is 0 Å². The molecule has 1 saturated heterocycles. The second-order valence-corrected chi connectivity index (χ2v) is 6.49. The fourth-order valence-corrected chi connectivity index (χ4v) is 3.38. The molecule has 0 aromatic heterocycles. The minimum absolute atomic E-state index is 0.0907. The molecule has 1 heterocycles. The maximum Gasteiger partial charge on any atom is 0.317 e. The molecule has 1 aliphatic carbocycles. The minimum Gasteiger partial charge on any atom is -0.372 e. The molecule has 2 rings (SSSR count). The SMILES string of the molecule is CC1CN(C(=O)NC2CCCC(C)C2C)CC(C)O1. The predicted molar refractivity (Wildman–Crippen MR) is 76.1 cm³/mol. The highest BCUT2D eigenvalue weighted by molar-refractivity contribution is 5.74. The topological polar surface area (TPSA) is 41.6 Å². The van der Waals surface area contributed by atoms with E-state index < -0.39 is 0 Å². The number of rotatable bonds is 1. The summed E-state index contributed by atoms with van der Waals surface area (Å²) >= 11 is 0. The van der Waals surface area contributed by atoms with E-state index in [1.807, 2.05) is 18.7 Å². The Morgan fingerprint density at radius 2 is 1.74 bits per heavy atom. The van der Waals surface area contributed by atoms with Crippen LogP contribution in [0.2, 0.25) is 0 Å². The number of urea groups is 1. The van der Waals surface area contributed by atoms with Gasteiger partial charge in [-0.25, -0.2) is 4.79 Å². The Hall–Kier alpha value is -0.770. The minimum atomic E-state index is 0.0907. The van der Waals surface area contributed by atoms with Crippen molar-refractivity contribution in [3.05, 3.63) is 0 Å². The second-order valence-electron chi connectivity index (χ2n) is 6.49. The van der Waals surface area contributed by atoms with Gasteiger partial charge in [-0.05, 0) is 32.1 Å². The molecule has 0 aromatic carbocycles. The number of carbonyl (C=O) groups is 1. The van der Waals surface area contributed by atoms with E-state index in [0.29, 0.717) is 31.0 Å². The lowest BCUT2D eigenvalue weighted by Crippen LogP contribution is -2.55. The summed E-state index contributed by atoms with van der Waals surface area (Å²) in [5.41, 5.74) is 0. The van der Waals surface area contributed by atoms with Gasteiger partial charge in [0.2, 0.25) is 0 Å². The standard InChI is InChI=1S/C15H28N2O2/c1-10-6-5-7-14(13(10)4)16-15(18)17-8-11(2)19-12(3)9-17/h10-14H,5-9H2,1-4H3,(H,16,18). The first-order chi connectivity index (χ1) is 8.97. The van der Waals surface area contributed by atoms with Crippen molar-refractivity contribution in [1.82, 2.24) is 10.2 Å². The molecule has 1 N–H and O–H groups in total. The van der Waals surface area contributed by atoms with Crippen LogP contribution in [0, 0.1) is 11.8 Å². The molecule has 2 aliphatic rings. The van der Waals surface area contributed by atoms with Gasteiger partial charge in [-0.3, -0.25) is 0 Å². The van der Waals surface area contributed by atoms with E-state index in [4.69, 9.17) is 4.74 Å². The van der Waals surface area contributed by atoms with Crippen molar-refractivity contribution in [2.45, 2.75) is 65.2 Å². The molecule has 1 aliphatic heterocycles. The highest BCUT2D eigenvalue weighted by Gasteiger charge is 2.31. The van der Waals surface area contributed by atoms with Crippen molar-refractivity contribution in [3.63, 3.8) is 0 Å². The summed E-state index contributed by atoms with van der Waals surface area (Å²) in [6.45, 7) is 10.0. The summed E-state index contributed by atoms with van der Waals surface area (Å²) in [7, 11) is 0. The maximum absolute atomic E-state index is 12.4. The van der Waals surface area contributed by atoms with Crippen LogP contribution in [0.1, 0.15) is 47.0 Å². The van der Waals surface area contributed by atoms with Crippen LogP contribution >= 0.6 is 0 Å². The average Bonchev–Trinajstić information content (AvgIpc) is 2.33. The van der Waals surface area contributed by atoms with Crippen LogP contribution in [0.5, 0.6) is 0 Å². The number of ether oxygens (including phenoxy) is 1. The molecule has 0 bridgehead atoms. The van der Waals surface area contributed by atoms with Gasteiger partial charge in [0.05, 0.1) is 12.2 Å². The molecule has 0 radical (unpaired) electrons. The molecule has 1 saturated carbocycles. The van der Waals surface area contributed by atoms with Gasteiger partial charge in [0.25, 0.3) is 0 Å². The van der Waals surface area contributed by atoms with Crippen LogP contribution in [-0.4, -0.2) is 42.3 Å². The maximum atomic E-state index is 12.4. The number of amides is 2. The van der Waals surface area contributed by atoms with Crippen LogP contribution in [0.15, 0.2) is 0 Å². The Bertz CT molecular complexity index is 311. The molecule has 110 valence electrons. The Morgan fingerprint density at radius 1 is 1.11 bits per heavy atom. The van der Waals surface area contributed by atoms with Gasteiger partial charge >= 0.3 is 6.03 Å². The monoisotopic (exact) mass is 268 g/mol. The molecule has 19 heavy (non-hydrogen) atoms. The Morgan fingerprint density at radius 3 is 2.37 bits per heavy atom. The number of morpholine rings is 1. The third-order valence-electron chi connectivity index (χ3n) is 4.72. The van der Waals surface area contributed by atoms with Crippen molar-refractivity contribution in [2.24, 2.45) is 11.8 Å². The predicted octanol–water partition coefficient (Wildman–Crippen LogP) is 2.63. The molecule has 0 spiro atoms. The van der Waals surface area contributed by atoms with Crippen molar-refractivity contribution in [3.8, 4) is 0 Å². The van der Waals surface area contributed by atoms with Crippen LogP contribution in [0.3, 0.4) is 0 Å². The number of nitrogens with one attached hydrogen (secondary N) is 1. The average molecular weight is 268 g/mol. The molecular formula is C15H28N2O2.